The smallest absolute Gasteiger partial charge is 0.410 e. The highest BCUT2D eigenvalue weighted by molar-refractivity contribution is 5.83. The quantitative estimate of drug-likeness (QED) is 0.444. The number of amides is 1. The van der Waals surface area contributed by atoms with Gasteiger partial charge in [0.25, 0.3) is 0 Å². The summed E-state index contributed by atoms with van der Waals surface area (Å²) in [7, 11) is 0. The second-order valence-corrected chi connectivity index (χ2v) is 9.56. The van der Waals surface area contributed by atoms with Crippen molar-refractivity contribution < 1.29 is 28.9 Å². The molecule has 7 heteroatoms. The van der Waals surface area contributed by atoms with Crippen LogP contribution in [0.2, 0.25) is 0 Å². The molecule has 3 aromatic rings. The number of rotatable bonds is 7. The maximum Gasteiger partial charge on any atom is 0.410 e. The lowest BCUT2D eigenvalue weighted by Gasteiger charge is -2.30. The molecule has 7 nitrogen and oxygen atoms in total. The van der Waals surface area contributed by atoms with Crippen LogP contribution in [-0.4, -0.2) is 41.3 Å². The van der Waals surface area contributed by atoms with Gasteiger partial charge in [-0.1, -0.05) is 60.7 Å². The van der Waals surface area contributed by atoms with Crippen LogP contribution in [0.25, 0.3) is 0 Å². The van der Waals surface area contributed by atoms with E-state index in [1.807, 2.05) is 84.9 Å². The van der Waals surface area contributed by atoms with Crippen molar-refractivity contribution in [2.75, 3.05) is 13.2 Å². The van der Waals surface area contributed by atoms with Crippen molar-refractivity contribution in [1.82, 2.24) is 4.90 Å². The Morgan fingerprint density at radius 1 is 0.919 bits per heavy atom. The molecular formula is C30H31NO6. The average Bonchev–Trinajstić information content (AvgIpc) is 3.47. The first kappa shape index (κ1) is 24.8. The van der Waals surface area contributed by atoms with Gasteiger partial charge < -0.3 is 19.3 Å². The number of esters is 1. The predicted molar refractivity (Wildman–Crippen MR) is 137 cm³/mol. The third kappa shape index (κ3) is 5.04. The van der Waals surface area contributed by atoms with Crippen LogP contribution in [0.1, 0.15) is 30.9 Å². The van der Waals surface area contributed by atoms with E-state index in [4.69, 9.17) is 14.2 Å². The summed E-state index contributed by atoms with van der Waals surface area (Å²) in [6, 6.07) is 25.5. The lowest BCUT2D eigenvalue weighted by Crippen LogP contribution is -2.44. The lowest BCUT2D eigenvalue weighted by molar-refractivity contribution is -0.149. The van der Waals surface area contributed by atoms with E-state index in [9.17, 15) is 14.7 Å². The minimum absolute atomic E-state index is 0.105. The highest BCUT2D eigenvalue weighted by Gasteiger charge is 2.60. The summed E-state index contributed by atoms with van der Waals surface area (Å²) in [6.45, 7) is 2.27. The van der Waals surface area contributed by atoms with Gasteiger partial charge in [-0.15, -0.1) is 0 Å². The molecule has 0 spiro atoms. The maximum atomic E-state index is 13.1. The van der Waals surface area contributed by atoms with Crippen molar-refractivity contribution in [2.45, 2.75) is 38.0 Å². The summed E-state index contributed by atoms with van der Waals surface area (Å²) < 4.78 is 16.8. The first-order valence-corrected chi connectivity index (χ1v) is 12.7. The topological polar surface area (TPSA) is 85.3 Å². The van der Waals surface area contributed by atoms with Gasteiger partial charge in [-0.05, 0) is 61.1 Å². The van der Waals surface area contributed by atoms with E-state index in [0.717, 1.165) is 16.9 Å². The number of fused-ring (bicyclic) bond motifs is 1. The maximum absolute atomic E-state index is 13.1. The van der Waals surface area contributed by atoms with Gasteiger partial charge in [-0.2, -0.15) is 0 Å². The zero-order valence-electron chi connectivity index (χ0n) is 20.8. The van der Waals surface area contributed by atoms with E-state index < -0.39 is 23.7 Å². The molecule has 2 fully saturated rings. The molecule has 0 aromatic heterocycles. The fourth-order valence-corrected chi connectivity index (χ4v) is 5.66. The fourth-order valence-electron chi connectivity index (χ4n) is 5.66. The summed E-state index contributed by atoms with van der Waals surface area (Å²) >= 11 is 0. The zero-order valence-corrected chi connectivity index (χ0v) is 20.8. The van der Waals surface area contributed by atoms with Crippen molar-refractivity contribution in [3.8, 4) is 11.5 Å². The van der Waals surface area contributed by atoms with Gasteiger partial charge in [0, 0.05) is 12.5 Å². The van der Waals surface area contributed by atoms with Gasteiger partial charge in [-0.25, -0.2) is 9.59 Å². The Balaban J connectivity index is 1.34. The average molecular weight is 502 g/mol. The van der Waals surface area contributed by atoms with Gasteiger partial charge >= 0.3 is 12.1 Å². The van der Waals surface area contributed by atoms with Gasteiger partial charge in [0.1, 0.15) is 24.1 Å². The van der Waals surface area contributed by atoms with Crippen LogP contribution < -0.4 is 4.74 Å². The molecule has 1 saturated carbocycles. The molecule has 1 N–H and O–H groups in total. The number of nitrogens with zero attached hydrogens (tertiary/aromatic N) is 1. The number of aliphatic hydroxyl groups is 1. The van der Waals surface area contributed by atoms with Crippen molar-refractivity contribution in [1.29, 1.82) is 0 Å². The Morgan fingerprint density at radius 2 is 1.57 bits per heavy atom. The van der Waals surface area contributed by atoms with E-state index in [0.29, 0.717) is 18.6 Å². The molecule has 1 aliphatic carbocycles. The van der Waals surface area contributed by atoms with Gasteiger partial charge in [-0.3, -0.25) is 4.90 Å². The van der Waals surface area contributed by atoms with E-state index in [1.54, 1.807) is 6.92 Å². The molecular weight excluding hydrogens is 470 g/mol. The second kappa shape index (κ2) is 10.6. The van der Waals surface area contributed by atoms with Gasteiger partial charge in [0.15, 0.2) is 0 Å². The number of carbonyl (C=O) groups excluding carboxylic acids is 2. The molecule has 192 valence electrons. The molecule has 1 saturated heterocycles. The number of ether oxygens (including phenoxy) is 3. The highest BCUT2D eigenvalue weighted by Crippen LogP contribution is 2.53. The molecule has 0 radical (unpaired) electrons. The number of benzene rings is 3. The molecule has 4 atom stereocenters. The fraction of sp³-hybridized carbons (Fsp3) is 0.333. The molecule has 37 heavy (non-hydrogen) atoms. The first-order chi connectivity index (χ1) is 18.0. The monoisotopic (exact) mass is 501 g/mol. The molecule has 1 aliphatic heterocycles. The number of para-hydroxylation sites is 1. The number of hydrogen-bond donors (Lipinski definition) is 1. The molecule has 1 heterocycles. The molecule has 5 rings (SSSR count). The zero-order chi connectivity index (χ0) is 25.8. The highest BCUT2D eigenvalue weighted by atomic mass is 16.6. The summed E-state index contributed by atoms with van der Waals surface area (Å²) in [4.78, 5) is 27.5. The third-order valence-corrected chi connectivity index (χ3v) is 7.42. The Labute approximate surface area is 216 Å². The van der Waals surface area contributed by atoms with Crippen LogP contribution in [0, 0.1) is 11.8 Å². The van der Waals surface area contributed by atoms with Crippen molar-refractivity contribution in [3.05, 3.63) is 96.1 Å². The molecule has 0 bridgehead atoms. The molecule has 1 amide bonds. The van der Waals surface area contributed by atoms with E-state index in [2.05, 4.69) is 0 Å². The Morgan fingerprint density at radius 3 is 2.24 bits per heavy atom. The standard InChI is InChI=1S/C30H31NO6/c1-2-35-28(32)27-25-17-18-30(34,22-13-15-24(16-14-22)37-23-11-7-4-8-12-23)26(25)19-31(27)29(33)36-20-21-9-5-3-6-10-21/h3-16,25-27,34H,2,17-20H2,1H3/t25-,26-,27-,30?/m0/s1. The van der Waals surface area contributed by atoms with Crippen LogP contribution >= 0.6 is 0 Å². The van der Waals surface area contributed by atoms with Crippen molar-refractivity contribution in [3.63, 3.8) is 0 Å². The number of likely N-dealkylation sites (tertiary alicyclic amines) is 1. The summed E-state index contributed by atoms with van der Waals surface area (Å²) in [5, 5.41) is 11.9. The van der Waals surface area contributed by atoms with Crippen molar-refractivity contribution in [2.24, 2.45) is 11.8 Å². The number of hydrogen-bond acceptors (Lipinski definition) is 6. The van der Waals surface area contributed by atoms with Crippen LogP contribution in [0.15, 0.2) is 84.9 Å². The van der Waals surface area contributed by atoms with Crippen molar-refractivity contribution >= 4 is 12.1 Å². The third-order valence-electron chi connectivity index (χ3n) is 7.42. The number of carbonyl (C=O) groups is 2. The van der Waals surface area contributed by atoms with Crippen LogP contribution in [0.5, 0.6) is 11.5 Å². The van der Waals surface area contributed by atoms with Gasteiger partial charge in [0.05, 0.1) is 12.2 Å². The summed E-state index contributed by atoms with van der Waals surface area (Å²) in [5.41, 5.74) is 0.412. The first-order valence-electron chi connectivity index (χ1n) is 12.7. The van der Waals surface area contributed by atoms with Crippen LogP contribution in [0.4, 0.5) is 4.79 Å². The van der Waals surface area contributed by atoms with Crippen LogP contribution in [-0.2, 0) is 26.5 Å². The molecule has 3 aromatic carbocycles. The van der Waals surface area contributed by atoms with E-state index >= 15 is 0 Å². The van der Waals surface area contributed by atoms with E-state index in [1.165, 1.54) is 4.90 Å². The Kier molecular flexibility index (Phi) is 7.15. The van der Waals surface area contributed by atoms with Crippen LogP contribution in [0.3, 0.4) is 0 Å². The molecule has 2 aliphatic rings. The van der Waals surface area contributed by atoms with E-state index in [-0.39, 0.29) is 31.6 Å². The lowest BCUT2D eigenvalue weighted by atomic mass is 9.81. The largest absolute Gasteiger partial charge is 0.464 e. The van der Waals surface area contributed by atoms with Gasteiger partial charge in [0.2, 0.25) is 0 Å². The second-order valence-electron chi connectivity index (χ2n) is 9.56. The SMILES string of the molecule is CCOC(=O)[C@@H]1[C@H]2CCC(O)(c3ccc(Oc4ccccc4)cc3)[C@H]2CN1C(=O)OCc1ccccc1. The molecule has 1 unspecified atom stereocenters. The Hall–Kier alpha value is -3.84. The summed E-state index contributed by atoms with van der Waals surface area (Å²) in [5.74, 6) is 0.380. The Bertz CT molecular complexity index is 1220. The minimum atomic E-state index is -1.19. The normalized spacial score (nSPS) is 24.4. The summed E-state index contributed by atoms with van der Waals surface area (Å²) in [6.07, 6.45) is 0.504. The predicted octanol–water partition coefficient (Wildman–Crippen LogP) is 5.28. The minimum Gasteiger partial charge on any atom is -0.464 e.